The van der Waals surface area contributed by atoms with Gasteiger partial charge in [-0.1, -0.05) is 6.08 Å². The van der Waals surface area contributed by atoms with Crippen LogP contribution in [-0.4, -0.2) is 6.10 Å². The van der Waals surface area contributed by atoms with Gasteiger partial charge >= 0.3 is 0 Å². The minimum absolute atomic E-state index is 0.00807. The molecule has 3 rings (SSSR count). The Morgan fingerprint density at radius 3 is 2.89 bits per heavy atom. The number of ether oxygens (including phenoxy) is 1. The highest BCUT2D eigenvalue weighted by Crippen LogP contribution is 2.33. The summed E-state index contributed by atoms with van der Waals surface area (Å²) in [4.78, 5) is 0. The van der Waals surface area contributed by atoms with Gasteiger partial charge in [0.25, 0.3) is 0 Å². The summed E-state index contributed by atoms with van der Waals surface area (Å²) in [6.07, 6.45) is 7.55. The standard InChI is InChI=1S/C16H12N2O/c17-9-11-1-5-15-13(7-11)3-4-14-8-12(10-18)2-6-16(14)19-15/h1-2,5-8,13,15H,3-4H2. The van der Waals surface area contributed by atoms with Gasteiger partial charge in [0, 0.05) is 11.5 Å². The van der Waals surface area contributed by atoms with E-state index in [1.807, 2.05) is 30.4 Å². The molecule has 1 aromatic carbocycles. The van der Waals surface area contributed by atoms with Crippen LogP contribution in [0.5, 0.6) is 5.75 Å². The largest absolute Gasteiger partial charge is 0.485 e. The first-order chi connectivity index (χ1) is 9.30. The van der Waals surface area contributed by atoms with Crippen LogP contribution in [0.1, 0.15) is 17.5 Å². The summed E-state index contributed by atoms with van der Waals surface area (Å²) >= 11 is 0. The van der Waals surface area contributed by atoms with Gasteiger partial charge in [-0.25, -0.2) is 0 Å². The van der Waals surface area contributed by atoms with Crippen molar-refractivity contribution < 1.29 is 4.74 Å². The fourth-order valence-corrected chi connectivity index (χ4v) is 2.60. The van der Waals surface area contributed by atoms with Gasteiger partial charge in [0.1, 0.15) is 11.9 Å². The number of rotatable bonds is 0. The third kappa shape index (κ3) is 2.11. The van der Waals surface area contributed by atoms with Gasteiger partial charge in [0.15, 0.2) is 0 Å². The average Bonchev–Trinajstić information content (AvgIpc) is 2.64. The highest BCUT2D eigenvalue weighted by atomic mass is 16.5. The van der Waals surface area contributed by atoms with E-state index in [9.17, 15) is 0 Å². The first-order valence-electron chi connectivity index (χ1n) is 6.30. The van der Waals surface area contributed by atoms with Crippen LogP contribution < -0.4 is 4.74 Å². The first-order valence-corrected chi connectivity index (χ1v) is 6.30. The van der Waals surface area contributed by atoms with Crippen LogP contribution in [0.4, 0.5) is 0 Å². The molecule has 3 nitrogen and oxygen atoms in total. The summed E-state index contributed by atoms with van der Waals surface area (Å²) in [5.41, 5.74) is 2.44. The minimum Gasteiger partial charge on any atom is -0.485 e. The zero-order valence-corrected chi connectivity index (χ0v) is 10.3. The van der Waals surface area contributed by atoms with Gasteiger partial charge in [0.2, 0.25) is 0 Å². The molecule has 3 heteroatoms. The van der Waals surface area contributed by atoms with Crippen molar-refractivity contribution in [1.29, 1.82) is 10.5 Å². The van der Waals surface area contributed by atoms with Crippen LogP contribution in [0.2, 0.25) is 0 Å². The van der Waals surface area contributed by atoms with Crippen LogP contribution in [0.3, 0.4) is 0 Å². The fraction of sp³-hybridized carbons (Fsp3) is 0.250. The summed E-state index contributed by atoms with van der Waals surface area (Å²) in [7, 11) is 0. The van der Waals surface area contributed by atoms with Gasteiger partial charge in [0.05, 0.1) is 17.7 Å². The molecule has 1 aliphatic carbocycles. The molecule has 0 N–H and O–H groups in total. The number of fused-ring (bicyclic) bond motifs is 2. The number of hydrogen-bond donors (Lipinski definition) is 0. The average molecular weight is 248 g/mol. The second kappa shape index (κ2) is 4.63. The lowest BCUT2D eigenvalue weighted by Gasteiger charge is -2.23. The number of nitriles is 2. The summed E-state index contributed by atoms with van der Waals surface area (Å²) < 4.78 is 6.00. The molecule has 0 saturated heterocycles. The van der Waals surface area contributed by atoms with Gasteiger partial charge in [-0.05, 0) is 48.8 Å². The Morgan fingerprint density at radius 2 is 2.11 bits per heavy atom. The third-order valence-corrected chi connectivity index (χ3v) is 3.61. The summed E-state index contributed by atoms with van der Waals surface area (Å²) in [5.74, 6) is 1.09. The van der Waals surface area contributed by atoms with Crippen molar-refractivity contribution in [2.24, 2.45) is 5.92 Å². The Bertz CT molecular complexity index is 658. The highest BCUT2D eigenvalue weighted by Gasteiger charge is 2.26. The van der Waals surface area contributed by atoms with E-state index < -0.39 is 0 Å². The van der Waals surface area contributed by atoms with E-state index in [1.54, 1.807) is 6.07 Å². The smallest absolute Gasteiger partial charge is 0.123 e. The van der Waals surface area contributed by atoms with Gasteiger partial charge in [-0.2, -0.15) is 10.5 Å². The Labute approximate surface area is 112 Å². The van der Waals surface area contributed by atoms with E-state index in [0.29, 0.717) is 11.1 Å². The molecule has 1 aliphatic heterocycles. The Kier molecular flexibility index (Phi) is 2.82. The fourth-order valence-electron chi connectivity index (χ4n) is 2.60. The predicted octanol–water partition coefficient (Wildman–Crippen LogP) is 2.89. The normalized spacial score (nSPS) is 23.8. The van der Waals surface area contributed by atoms with Crippen molar-refractivity contribution in [3.05, 3.63) is 53.1 Å². The molecular weight excluding hydrogens is 236 g/mol. The number of aryl methyl sites for hydroxylation is 1. The molecule has 2 aliphatic rings. The van der Waals surface area contributed by atoms with E-state index in [4.69, 9.17) is 15.3 Å². The molecule has 0 aromatic heterocycles. The van der Waals surface area contributed by atoms with Gasteiger partial charge in [-0.15, -0.1) is 0 Å². The summed E-state index contributed by atoms with van der Waals surface area (Å²) in [5, 5.41) is 17.9. The van der Waals surface area contributed by atoms with Crippen LogP contribution in [0.15, 0.2) is 42.0 Å². The predicted molar refractivity (Wildman–Crippen MR) is 70.2 cm³/mol. The van der Waals surface area contributed by atoms with E-state index in [-0.39, 0.29) is 12.0 Å². The maximum atomic E-state index is 8.95. The van der Waals surface area contributed by atoms with Crippen LogP contribution in [-0.2, 0) is 6.42 Å². The third-order valence-electron chi connectivity index (χ3n) is 3.61. The molecule has 0 spiro atoms. The van der Waals surface area contributed by atoms with E-state index in [2.05, 4.69) is 12.1 Å². The minimum atomic E-state index is -0.00807. The second-order valence-corrected chi connectivity index (χ2v) is 4.81. The Hall–Kier alpha value is -2.52. The summed E-state index contributed by atoms with van der Waals surface area (Å²) in [6.45, 7) is 0. The maximum Gasteiger partial charge on any atom is 0.123 e. The Balaban J connectivity index is 1.93. The number of allylic oxidation sites excluding steroid dienone is 2. The molecule has 0 saturated carbocycles. The molecule has 0 fully saturated rings. The van der Waals surface area contributed by atoms with Crippen molar-refractivity contribution in [2.45, 2.75) is 18.9 Å². The molecule has 0 radical (unpaired) electrons. The van der Waals surface area contributed by atoms with Crippen molar-refractivity contribution in [2.75, 3.05) is 0 Å². The zero-order valence-electron chi connectivity index (χ0n) is 10.3. The monoisotopic (exact) mass is 248 g/mol. The molecule has 1 heterocycles. The number of hydrogen-bond acceptors (Lipinski definition) is 3. The lowest BCUT2D eigenvalue weighted by atomic mass is 9.89. The molecule has 19 heavy (non-hydrogen) atoms. The Morgan fingerprint density at radius 1 is 1.21 bits per heavy atom. The number of benzene rings is 1. The van der Waals surface area contributed by atoms with Crippen molar-refractivity contribution >= 4 is 0 Å². The van der Waals surface area contributed by atoms with Crippen LogP contribution in [0.25, 0.3) is 0 Å². The van der Waals surface area contributed by atoms with Crippen molar-refractivity contribution in [3.63, 3.8) is 0 Å². The van der Waals surface area contributed by atoms with Crippen LogP contribution >= 0.6 is 0 Å². The topological polar surface area (TPSA) is 56.8 Å². The molecule has 2 atom stereocenters. The molecular formula is C16H12N2O. The molecule has 0 amide bonds. The molecule has 0 bridgehead atoms. The van der Waals surface area contributed by atoms with E-state index in [0.717, 1.165) is 24.2 Å². The quantitative estimate of drug-likeness (QED) is 0.709. The highest BCUT2D eigenvalue weighted by molar-refractivity contribution is 5.44. The van der Waals surface area contributed by atoms with Gasteiger partial charge in [-0.3, -0.25) is 0 Å². The zero-order chi connectivity index (χ0) is 13.2. The lowest BCUT2D eigenvalue weighted by Crippen LogP contribution is -2.24. The molecule has 92 valence electrons. The van der Waals surface area contributed by atoms with Crippen LogP contribution in [0, 0.1) is 28.6 Å². The number of nitrogens with zero attached hydrogens (tertiary/aromatic N) is 2. The molecule has 2 unspecified atom stereocenters. The SMILES string of the molecule is N#CC1=CC2CCc3cc(C#N)ccc3OC2C=C1. The van der Waals surface area contributed by atoms with Gasteiger partial charge < -0.3 is 4.74 Å². The van der Waals surface area contributed by atoms with Crippen molar-refractivity contribution in [1.82, 2.24) is 0 Å². The lowest BCUT2D eigenvalue weighted by molar-refractivity contribution is 0.205. The van der Waals surface area contributed by atoms with E-state index >= 15 is 0 Å². The van der Waals surface area contributed by atoms with Crippen molar-refractivity contribution in [3.8, 4) is 17.9 Å². The second-order valence-electron chi connectivity index (χ2n) is 4.81. The summed E-state index contributed by atoms with van der Waals surface area (Å²) in [6, 6.07) is 9.87. The molecule has 1 aromatic rings. The first kappa shape index (κ1) is 11.6. The maximum absolute atomic E-state index is 8.95. The van der Waals surface area contributed by atoms with E-state index in [1.165, 1.54) is 0 Å².